The van der Waals surface area contributed by atoms with Gasteiger partial charge in [0.05, 0.1) is 19.3 Å². The van der Waals surface area contributed by atoms with E-state index in [1.54, 1.807) is 12.0 Å². The molecule has 1 N–H and O–H groups in total. The molecule has 0 aromatic carbocycles. The summed E-state index contributed by atoms with van der Waals surface area (Å²) in [6.45, 7) is 4.56. The number of rotatable bonds is 4. The van der Waals surface area contributed by atoms with Crippen LogP contribution in [0.5, 0.6) is 0 Å². The molecule has 1 aromatic rings. The highest BCUT2D eigenvalue weighted by Crippen LogP contribution is 2.23. The lowest BCUT2D eigenvalue weighted by atomic mass is 10.1. The first-order valence-electron chi connectivity index (χ1n) is 6.96. The maximum Gasteiger partial charge on any atom is 0.317 e. The van der Waals surface area contributed by atoms with Crippen molar-refractivity contribution < 1.29 is 14.3 Å². The lowest BCUT2D eigenvalue weighted by molar-refractivity contribution is 0.0522. The van der Waals surface area contributed by atoms with Crippen LogP contribution < -0.4 is 10.2 Å². The van der Waals surface area contributed by atoms with Crippen molar-refractivity contribution in [3.8, 4) is 0 Å². The van der Waals surface area contributed by atoms with E-state index >= 15 is 0 Å². The molecular weight excluding hydrogens is 294 g/mol. The third kappa shape index (κ3) is 3.42. The van der Waals surface area contributed by atoms with E-state index in [-0.39, 0.29) is 12.1 Å². The molecule has 2 aliphatic heterocycles. The second-order valence-electron chi connectivity index (χ2n) is 5.08. The quantitative estimate of drug-likeness (QED) is 0.837. The Labute approximate surface area is 127 Å². The van der Waals surface area contributed by atoms with Crippen LogP contribution in [0.4, 0.5) is 9.93 Å². The first kappa shape index (κ1) is 14.5. The van der Waals surface area contributed by atoms with E-state index in [1.165, 1.54) is 11.5 Å². The summed E-state index contributed by atoms with van der Waals surface area (Å²) in [6, 6.07) is 0.176. The van der Waals surface area contributed by atoms with Gasteiger partial charge in [0.2, 0.25) is 5.13 Å². The largest absolute Gasteiger partial charge is 0.378 e. The summed E-state index contributed by atoms with van der Waals surface area (Å²) in [5.41, 5.74) is 0. The van der Waals surface area contributed by atoms with E-state index in [9.17, 15) is 4.79 Å². The van der Waals surface area contributed by atoms with Crippen LogP contribution in [0.3, 0.4) is 0 Å². The Morgan fingerprint density at radius 3 is 2.95 bits per heavy atom. The van der Waals surface area contributed by atoms with Crippen LogP contribution >= 0.6 is 11.5 Å². The maximum atomic E-state index is 12.0. The Morgan fingerprint density at radius 1 is 1.48 bits per heavy atom. The van der Waals surface area contributed by atoms with Gasteiger partial charge in [-0.1, -0.05) is 0 Å². The minimum atomic E-state index is 0.000265. The molecule has 0 bridgehead atoms. The van der Waals surface area contributed by atoms with Gasteiger partial charge in [-0.25, -0.2) is 9.78 Å². The van der Waals surface area contributed by atoms with Crippen LogP contribution in [-0.4, -0.2) is 72.8 Å². The lowest BCUT2D eigenvalue weighted by Crippen LogP contribution is -2.62. The molecule has 8 nitrogen and oxygen atoms in total. The number of hydrogen-bond donors (Lipinski definition) is 1. The molecule has 3 heterocycles. The fourth-order valence-electron chi connectivity index (χ4n) is 2.32. The minimum absolute atomic E-state index is 0.000265. The lowest BCUT2D eigenvalue weighted by Gasteiger charge is -2.40. The topological polar surface area (TPSA) is 79.8 Å². The van der Waals surface area contributed by atoms with E-state index in [4.69, 9.17) is 9.47 Å². The zero-order valence-corrected chi connectivity index (χ0v) is 12.8. The van der Waals surface area contributed by atoms with E-state index in [2.05, 4.69) is 19.6 Å². The second kappa shape index (κ2) is 6.54. The maximum absolute atomic E-state index is 12.0. The van der Waals surface area contributed by atoms with E-state index < -0.39 is 0 Å². The number of hydrogen-bond acceptors (Lipinski definition) is 7. The summed E-state index contributed by atoms with van der Waals surface area (Å²) in [6.07, 6.45) is 0. The molecule has 0 aliphatic carbocycles. The third-order valence-electron chi connectivity index (χ3n) is 3.51. The Bertz CT molecular complexity index is 485. The summed E-state index contributed by atoms with van der Waals surface area (Å²) in [7, 11) is 1.63. The Kier molecular flexibility index (Phi) is 4.51. The number of anilines is 1. The molecule has 0 atom stereocenters. The first-order valence-corrected chi connectivity index (χ1v) is 7.73. The summed E-state index contributed by atoms with van der Waals surface area (Å²) in [5, 5.41) is 3.93. The highest BCUT2D eigenvalue weighted by atomic mass is 32.1. The van der Waals surface area contributed by atoms with Crippen molar-refractivity contribution in [2.75, 3.05) is 51.4 Å². The van der Waals surface area contributed by atoms with Gasteiger partial charge >= 0.3 is 6.03 Å². The molecule has 2 amide bonds. The van der Waals surface area contributed by atoms with Crippen molar-refractivity contribution in [1.82, 2.24) is 19.6 Å². The standard InChI is InChI=1S/C12H19N5O3S/c1-19-8-10-14-12(21-15-10)17-6-9(7-17)13-11(18)16-2-4-20-5-3-16/h9H,2-8H2,1H3,(H,13,18). The predicted molar refractivity (Wildman–Crippen MR) is 77.5 cm³/mol. The summed E-state index contributed by atoms with van der Waals surface area (Å²) < 4.78 is 14.5. The van der Waals surface area contributed by atoms with Crippen molar-refractivity contribution in [1.29, 1.82) is 0 Å². The average molecular weight is 313 g/mol. The number of carbonyl (C=O) groups is 1. The number of aromatic nitrogens is 2. The Morgan fingerprint density at radius 2 is 2.24 bits per heavy atom. The highest BCUT2D eigenvalue weighted by Gasteiger charge is 2.31. The van der Waals surface area contributed by atoms with Crippen LogP contribution in [0.1, 0.15) is 5.82 Å². The number of morpholine rings is 1. The van der Waals surface area contributed by atoms with Crippen LogP contribution in [0.25, 0.3) is 0 Å². The average Bonchev–Trinajstić information content (AvgIpc) is 2.91. The molecular formula is C12H19N5O3S. The van der Waals surface area contributed by atoms with Gasteiger partial charge in [0.1, 0.15) is 6.61 Å². The summed E-state index contributed by atoms with van der Waals surface area (Å²) in [5.74, 6) is 0.707. The van der Waals surface area contributed by atoms with Crippen molar-refractivity contribution in [3.63, 3.8) is 0 Å². The molecule has 3 rings (SSSR count). The SMILES string of the molecule is COCc1nsc(N2CC(NC(=O)N3CCOCC3)C2)n1. The van der Waals surface area contributed by atoms with Gasteiger partial charge in [0, 0.05) is 44.8 Å². The highest BCUT2D eigenvalue weighted by molar-refractivity contribution is 7.09. The van der Waals surface area contributed by atoms with Gasteiger partial charge in [-0.15, -0.1) is 0 Å². The third-order valence-corrected chi connectivity index (χ3v) is 4.32. The van der Waals surface area contributed by atoms with E-state index in [0.29, 0.717) is 38.7 Å². The first-order chi connectivity index (χ1) is 10.3. The van der Waals surface area contributed by atoms with Crippen LogP contribution in [0.2, 0.25) is 0 Å². The number of nitrogens with zero attached hydrogens (tertiary/aromatic N) is 4. The number of methoxy groups -OCH3 is 1. The number of nitrogens with one attached hydrogen (secondary N) is 1. The van der Waals surface area contributed by atoms with Crippen molar-refractivity contribution >= 4 is 22.7 Å². The Hall–Kier alpha value is -1.45. The fraction of sp³-hybridized carbons (Fsp3) is 0.750. The molecule has 0 radical (unpaired) electrons. The number of ether oxygens (including phenoxy) is 2. The number of carbonyl (C=O) groups excluding carboxylic acids is 1. The fourth-order valence-corrected chi connectivity index (χ4v) is 3.01. The summed E-state index contributed by atoms with van der Waals surface area (Å²) >= 11 is 1.37. The number of amides is 2. The van der Waals surface area contributed by atoms with E-state index in [0.717, 1.165) is 18.2 Å². The normalized spacial score (nSPS) is 19.5. The molecule has 2 aliphatic rings. The zero-order valence-electron chi connectivity index (χ0n) is 11.9. The Balaban J connectivity index is 1.43. The molecule has 116 valence electrons. The van der Waals surface area contributed by atoms with Crippen molar-refractivity contribution in [2.45, 2.75) is 12.6 Å². The minimum Gasteiger partial charge on any atom is -0.378 e. The van der Waals surface area contributed by atoms with Gasteiger partial charge in [-0.05, 0) is 0 Å². The van der Waals surface area contributed by atoms with Crippen molar-refractivity contribution in [2.24, 2.45) is 0 Å². The van der Waals surface area contributed by atoms with E-state index in [1.807, 2.05) is 0 Å². The molecule has 0 unspecified atom stereocenters. The van der Waals surface area contributed by atoms with Crippen molar-refractivity contribution in [3.05, 3.63) is 5.82 Å². The van der Waals surface area contributed by atoms with Crippen LogP contribution in [-0.2, 0) is 16.1 Å². The molecule has 1 aromatic heterocycles. The molecule has 9 heteroatoms. The molecule has 21 heavy (non-hydrogen) atoms. The monoisotopic (exact) mass is 313 g/mol. The van der Waals surface area contributed by atoms with Gasteiger partial charge in [-0.3, -0.25) is 0 Å². The van der Waals surface area contributed by atoms with Gasteiger partial charge in [0.25, 0.3) is 0 Å². The molecule has 0 saturated carbocycles. The zero-order chi connectivity index (χ0) is 14.7. The second-order valence-corrected chi connectivity index (χ2v) is 5.81. The molecule has 2 saturated heterocycles. The van der Waals surface area contributed by atoms with Gasteiger partial charge < -0.3 is 24.6 Å². The molecule has 2 fully saturated rings. The van der Waals surface area contributed by atoms with Crippen LogP contribution in [0.15, 0.2) is 0 Å². The molecule has 0 spiro atoms. The number of urea groups is 1. The predicted octanol–water partition coefficient (Wildman–Crippen LogP) is -0.0851. The van der Waals surface area contributed by atoms with Gasteiger partial charge in [-0.2, -0.15) is 4.37 Å². The van der Waals surface area contributed by atoms with Gasteiger partial charge in [0.15, 0.2) is 5.82 Å². The summed E-state index contributed by atoms with van der Waals surface area (Å²) in [4.78, 5) is 20.3. The van der Waals surface area contributed by atoms with Crippen LogP contribution in [0, 0.1) is 0 Å². The smallest absolute Gasteiger partial charge is 0.317 e.